The van der Waals surface area contributed by atoms with E-state index in [1.807, 2.05) is 62.4 Å². The van der Waals surface area contributed by atoms with Crippen molar-refractivity contribution in [2.24, 2.45) is 0 Å². The number of rotatable bonds is 3. The molecule has 1 atom stereocenters. The van der Waals surface area contributed by atoms with Crippen molar-refractivity contribution in [1.29, 1.82) is 0 Å². The maximum Gasteiger partial charge on any atom is 0.252 e. The summed E-state index contributed by atoms with van der Waals surface area (Å²) in [5, 5.41) is 3.00. The number of carbonyl (C=O) groups is 1. The van der Waals surface area contributed by atoms with Gasteiger partial charge >= 0.3 is 0 Å². The first-order chi connectivity index (χ1) is 9.08. The molecule has 0 aliphatic heterocycles. The lowest BCUT2D eigenvalue weighted by Gasteiger charge is -2.15. The zero-order chi connectivity index (χ0) is 13.8. The normalized spacial score (nSPS) is 11.9. The molecule has 3 heteroatoms. The van der Waals surface area contributed by atoms with Gasteiger partial charge in [-0.3, -0.25) is 4.79 Å². The van der Waals surface area contributed by atoms with Crippen LogP contribution in [-0.4, -0.2) is 5.91 Å². The van der Waals surface area contributed by atoms with Crippen LogP contribution in [0.15, 0.2) is 53.0 Å². The molecular weight excluding hydrogens is 302 g/mol. The fourth-order valence-electron chi connectivity index (χ4n) is 1.90. The minimum Gasteiger partial charge on any atom is -0.345 e. The average Bonchev–Trinajstić information content (AvgIpc) is 2.39. The van der Waals surface area contributed by atoms with Crippen LogP contribution in [0.2, 0.25) is 0 Å². The first kappa shape index (κ1) is 13.8. The molecule has 0 aromatic heterocycles. The Morgan fingerprint density at radius 1 is 1.16 bits per heavy atom. The average molecular weight is 318 g/mol. The molecule has 0 saturated carbocycles. The van der Waals surface area contributed by atoms with Gasteiger partial charge in [-0.2, -0.15) is 0 Å². The molecule has 0 spiro atoms. The number of amides is 1. The van der Waals surface area contributed by atoms with Crippen LogP contribution in [0.3, 0.4) is 0 Å². The number of hydrogen-bond acceptors (Lipinski definition) is 1. The van der Waals surface area contributed by atoms with Gasteiger partial charge in [0.1, 0.15) is 0 Å². The zero-order valence-electron chi connectivity index (χ0n) is 11.0. The molecule has 0 bridgehead atoms. The van der Waals surface area contributed by atoms with E-state index < -0.39 is 0 Å². The summed E-state index contributed by atoms with van der Waals surface area (Å²) in [7, 11) is 0. The highest BCUT2D eigenvalue weighted by molar-refractivity contribution is 9.10. The van der Waals surface area contributed by atoms with E-state index >= 15 is 0 Å². The lowest BCUT2D eigenvalue weighted by molar-refractivity contribution is 0.0939. The molecule has 0 heterocycles. The molecule has 2 aromatic carbocycles. The summed E-state index contributed by atoms with van der Waals surface area (Å²) in [5.41, 5.74) is 2.88. The summed E-state index contributed by atoms with van der Waals surface area (Å²) >= 11 is 3.43. The molecule has 1 amide bonds. The third kappa shape index (κ3) is 3.44. The Balaban J connectivity index is 2.13. The summed E-state index contributed by atoms with van der Waals surface area (Å²) in [5.74, 6) is -0.0665. The van der Waals surface area contributed by atoms with Crippen molar-refractivity contribution < 1.29 is 4.79 Å². The lowest BCUT2D eigenvalue weighted by atomic mass is 10.1. The summed E-state index contributed by atoms with van der Waals surface area (Å²) in [6, 6.07) is 15.6. The third-order valence-corrected chi connectivity index (χ3v) is 3.67. The van der Waals surface area contributed by atoms with Crippen LogP contribution in [0.4, 0.5) is 0 Å². The van der Waals surface area contributed by atoms with Crippen LogP contribution < -0.4 is 5.32 Å². The SMILES string of the molecule is Cc1ccc(C(=O)N[C@H](C)c2ccccc2)c(Br)c1. The van der Waals surface area contributed by atoms with Gasteiger partial charge in [0.05, 0.1) is 11.6 Å². The van der Waals surface area contributed by atoms with Crippen LogP contribution in [0.5, 0.6) is 0 Å². The monoisotopic (exact) mass is 317 g/mol. The van der Waals surface area contributed by atoms with Gasteiger partial charge in [-0.15, -0.1) is 0 Å². The Kier molecular flexibility index (Phi) is 4.38. The van der Waals surface area contributed by atoms with Gasteiger partial charge in [-0.1, -0.05) is 36.4 Å². The Bertz CT molecular complexity index is 581. The second-order valence-electron chi connectivity index (χ2n) is 4.59. The molecule has 2 rings (SSSR count). The fourth-order valence-corrected chi connectivity index (χ4v) is 2.58. The van der Waals surface area contributed by atoms with E-state index in [0.717, 1.165) is 15.6 Å². The molecule has 19 heavy (non-hydrogen) atoms. The maximum atomic E-state index is 12.2. The first-order valence-electron chi connectivity index (χ1n) is 6.20. The summed E-state index contributed by atoms with van der Waals surface area (Å²) in [6.07, 6.45) is 0. The second kappa shape index (κ2) is 6.02. The van der Waals surface area contributed by atoms with E-state index in [0.29, 0.717) is 5.56 Å². The third-order valence-electron chi connectivity index (χ3n) is 3.02. The standard InChI is InChI=1S/C16H16BrNO/c1-11-8-9-14(15(17)10-11)16(19)18-12(2)13-6-4-3-5-7-13/h3-10,12H,1-2H3,(H,18,19)/t12-/m1/s1. The minimum atomic E-state index is -0.0665. The number of aryl methyl sites for hydroxylation is 1. The van der Waals surface area contributed by atoms with Crippen molar-refractivity contribution in [2.45, 2.75) is 19.9 Å². The minimum absolute atomic E-state index is 0.0121. The predicted octanol–water partition coefficient (Wildman–Crippen LogP) is 4.25. The first-order valence-corrected chi connectivity index (χ1v) is 6.99. The van der Waals surface area contributed by atoms with Crippen molar-refractivity contribution in [3.8, 4) is 0 Å². The summed E-state index contributed by atoms with van der Waals surface area (Å²) in [4.78, 5) is 12.2. The number of benzene rings is 2. The summed E-state index contributed by atoms with van der Waals surface area (Å²) < 4.78 is 0.824. The topological polar surface area (TPSA) is 29.1 Å². The van der Waals surface area contributed by atoms with E-state index in [1.54, 1.807) is 0 Å². The second-order valence-corrected chi connectivity index (χ2v) is 5.44. The van der Waals surface area contributed by atoms with E-state index in [9.17, 15) is 4.79 Å². The molecular formula is C16H16BrNO. The van der Waals surface area contributed by atoms with Gasteiger partial charge in [0.2, 0.25) is 0 Å². The lowest BCUT2D eigenvalue weighted by Crippen LogP contribution is -2.26. The maximum absolute atomic E-state index is 12.2. The molecule has 0 aliphatic rings. The van der Waals surface area contributed by atoms with Crippen molar-refractivity contribution >= 4 is 21.8 Å². The van der Waals surface area contributed by atoms with Crippen LogP contribution in [0.1, 0.15) is 34.5 Å². The van der Waals surface area contributed by atoms with Crippen molar-refractivity contribution in [2.75, 3.05) is 0 Å². The Morgan fingerprint density at radius 3 is 2.47 bits per heavy atom. The van der Waals surface area contributed by atoms with E-state index in [-0.39, 0.29) is 11.9 Å². The number of halogens is 1. The van der Waals surface area contributed by atoms with Gasteiger partial charge in [0, 0.05) is 4.47 Å². The summed E-state index contributed by atoms with van der Waals surface area (Å²) in [6.45, 7) is 3.98. The van der Waals surface area contributed by atoms with Gasteiger partial charge in [-0.05, 0) is 53.0 Å². The Hall–Kier alpha value is -1.61. The highest BCUT2D eigenvalue weighted by Gasteiger charge is 2.13. The van der Waals surface area contributed by atoms with E-state index in [1.165, 1.54) is 0 Å². The molecule has 0 fully saturated rings. The van der Waals surface area contributed by atoms with Crippen LogP contribution >= 0.6 is 15.9 Å². The van der Waals surface area contributed by atoms with Gasteiger partial charge < -0.3 is 5.32 Å². The van der Waals surface area contributed by atoms with Crippen LogP contribution in [-0.2, 0) is 0 Å². The molecule has 0 unspecified atom stereocenters. The number of carbonyl (C=O) groups excluding carboxylic acids is 1. The molecule has 1 N–H and O–H groups in total. The molecule has 0 aliphatic carbocycles. The number of hydrogen-bond donors (Lipinski definition) is 1. The molecule has 0 radical (unpaired) electrons. The largest absolute Gasteiger partial charge is 0.345 e. The molecule has 0 saturated heterocycles. The molecule has 2 nitrogen and oxygen atoms in total. The molecule has 98 valence electrons. The molecule has 2 aromatic rings. The quantitative estimate of drug-likeness (QED) is 0.901. The van der Waals surface area contributed by atoms with Crippen LogP contribution in [0, 0.1) is 6.92 Å². The van der Waals surface area contributed by atoms with E-state index in [2.05, 4.69) is 21.2 Å². The van der Waals surface area contributed by atoms with Crippen molar-refractivity contribution in [1.82, 2.24) is 5.32 Å². The van der Waals surface area contributed by atoms with Crippen molar-refractivity contribution in [3.05, 3.63) is 69.7 Å². The Morgan fingerprint density at radius 2 is 1.84 bits per heavy atom. The zero-order valence-corrected chi connectivity index (χ0v) is 12.6. The Labute approximate surface area is 122 Å². The predicted molar refractivity (Wildman–Crippen MR) is 81.2 cm³/mol. The fraction of sp³-hybridized carbons (Fsp3) is 0.188. The van der Waals surface area contributed by atoms with Gasteiger partial charge in [0.15, 0.2) is 0 Å². The highest BCUT2D eigenvalue weighted by atomic mass is 79.9. The number of nitrogens with one attached hydrogen (secondary N) is 1. The smallest absolute Gasteiger partial charge is 0.252 e. The van der Waals surface area contributed by atoms with Gasteiger partial charge in [0.25, 0.3) is 5.91 Å². The van der Waals surface area contributed by atoms with Gasteiger partial charge in [-0.25, -0.2) is 0 Å². The highest BCUT2D eigenvalue weighted by Crippen LogP contribution is 2.20. The van der Waals surface area contributed by atoms with Crippen molar-refractivity contribution in [3.63, 3.8) is 0 Å². The van der Waals surface area contributed by atoms with Crippen LogP contribution in [0.25, 0.3) is 0 Å². The van der Waals surface area contributed by atoms with E-state index in [4.69, 9.17) is 0 Å².